The Bertz CT molecular complexity index is 542. The quantitative estimate of drug-likeness (QED) is 0.918. The summed E-state index contributed by atoms with van der Waals surface area (Å²) in [6.45, 7) is 0.782. The molecule has 1 amide bonds. The summed E-state index contributed by atoms with van der Waals surface area (Å²) in [5, 5.41) is 0. The van der Waals surface area contributed by atoms with Gasteiger partial charge in [-0.3, -0.25) is 4.79 Å². The Morgan fingerprint density at radius 2 is 2.04 bits per heavy atom. The molecule has 0 saturated heterocycles. The maximum Gasteiger partial charge on any atom is 0.222 e. The van der Waals surface area contributed by atoms with Crippen LogP contribution in [0.15, 0.2) is 18.2 Å². The van der Waals surface area contributed by atoms with E-state index in [2.05, 4.69) is 12.1 Å². The number of hydrogen-bond donors (Lipinski definition) is 1. The molecule has 1 saturated carbocycles. The molecular formula is C18H27ClN2O2. The van der Waals surface area contributed by atoms with Gasteiger partial charge in [-0.2, -0.15) is 0 Å². The fourth-order valence-corrected chi connectivity index (χ4v) is 3.52. The highest BCUT2D eigenvalue weighted by molar-refractivity contribution is 5.85. The minimum absolute atomic E-state index is 0. The summed E-state index contributed by atoms with van der Waals surface area (Å²) in [6, 6.07) is 7.01. The van der Waals surface area contributed by atoms with E-state index in [0.29, 0.717) is 18.5 Å². The van der Waals surface area contributed by atoms with Gasteiger partial charge in [-0.15, -0.1) is 12.4 Å². The number of carbonyl (C=O) groups excluding carboxylic acids is 1. The first-order valence-electron chi connectivity index (χ1n) is 8.39. The van der Waals surface area contributed by atoms with Crippen molar-refractivity contribution in [2.24, 2.45) is 5.73 Å². The Morgan fingerprint density at radius 3 is 2.78 bits per heavy atom. The average Bonchev–Trinajstić information content (AvgIpc) is 3.00. The second kappa shape index (κ2) is 8.02. The smallest absolute Gasteiger partial charge is 0.222 e. The van der Waals surface area contributed by atoms with Crippen LogP contribution < -0.4 is 10.5 Å². The second-order valence-electron chi connectivity index (χ2n) is 6.61. The van der Waals surface area contributed by atoms with Crippen molar-refractivity contribution in [2.75, 3.05) is 13.7 Å². The van der Waals surface area contributed by atoms with Crippen LogP contribution in [-0.4, -0.2) is 36.5 Å². The van der Waals surface area contributed by atoms with Crippen LogP contribution >= 0.6 is 12.4 Å². The van der Waals surface area contributed by atoms with E-state index in [9.17, 15) is 4.79 Å². The Hall–Kier alpha value is -1.26. The van der Waals surface area contributed by atoms with Crippen LogP contribution in [0.4, 0.5) is 0 Å². The molecule has 0 bridgehead atoms. The summed E-state index contributed by atoms with van der Waals surface area (Å²) >= 11 is 0. The molecule has 0 radical (unpaired) electrons. The van der Waals surface area contributed by atoms with Crippen molar-refractivity contribution in [3.05, 3.63) is 29.3 Å². The average molecular weight is 339 g/mol. The molecule has 0 atom stereocenters. The zero-order valence-electron chi connectivity index (χ0n) is 13.8. The van der Waals surface area contributed by atoms with Gasteiger partial charge in [-0.05, 0) is 49.3 Å². The molecule has 5 heteroatoms. The monoisotopic (exact) mass is 338 g/mol. The normalized spacial score (nSPS) is 22.7. The number of nitrogens with zero attached hydrogens (tertiary/aromatic N) is 1. The number of amides is 1. The van der Waals surface area contributed by atoms with E-state index in [1.807, 2.05) is 18.0 Å². The molecule has 1 aromatic carbocycles. The number of ether oxygens (including phenoxy) is 1. The number of carbonyl (C=O) groups is 1. The van der Waals surface area contributed by atoms with Crippen LogP contribution in [-0.2, 0) is 17.6 Å². The number of halogens is 1. The predicted molar refractivity (Wildman–Crippen MR) is 94.2 cm³/mol. The van der Waals surface area contributed by atoms with E-state index in [1.165, 1.54) is 11.1 Å². The van der Waals surface area contributed by atoms with Crippen molar-refractivity contribution >= 4 is 18.3 Å². The molecule has 0 aromatic heterocycles. The molecule has 23 heavy (non-hydrogen) atoms. The third-order valence-electron chi connectivity index (χ3n) is 5.06. The van der Waals surface area contributed by atoms with Crippen molar-refractivity contribution in [2.45, 2.75) is 57.0 Å². The molecule has 2 aliphatic rings. The van der Waals surface area contributed by atoms with E-state index in [0.717, 1.165) is 50.9 Å². The summed E-state index contributed by atoms with van der Waals surface area (Å²) < 4.78 is 5.52. The number of rotatable bonds is 4. The van der Waals surface area contributed by atoms with Gasteiger partial charge in [-0.25, -0.2) is 0 Å². The highest BCUT2D eigenvalue weighted by Gasteiger charge is 2.24. The molecule has 3 rings (SSSR count). The Labute approximate surface area is 144 Å². The summed E-state index contributed by atoms with van der Waals surface area (Å²) in [6.07, 6.45) is 6.53. The van der Waals surface area contributed by atoms with Crippen LogP contribution in [0.1, 0.15) is 43.2 Å². The first kappa shape index (κ1) is 18.1. The predicted octanol–water partition coefficient (Wildman–Crippen LogP) is 2.70. The highest BCUT2D eigenvalue weighted by Crippen LogP contribution is 2.26. The Balaban J connectivity index is 0.00000192. The SMILES string of the molecule is CN(C(=O)CCc1ccc2c(c1)CCO2)C1CCC(N)CC1.Cl. The Kier molecular flexibility index (Phi) is 6.31. The standard InChI is InChI=1S/C18H26N2O2.ClH/c1-20(16-6-4-15(19)5-7-16)18(21)9-3-13-2-8-17-14(12-13)10-11-22-17;/h2,8,12,15-16H,3-7,9-11,19H2,1H3;1H. The van der Waals surface area contributed by atoms with Gasteiger partial charge in [-0.1, -0.05) is 12.1 Å². The van der Waals surface area contributed by atoms with Gasteiger partial charge in [0.05, 0.1) is 6.61 Å². The lowest BCUT2D eigenvalue weighted by Crippen LogP contribution is -2.41. The third kappa shape index (κ3) is 4.39. The molecule has 0 unspecified atom stereocenters. The van der Waals surface area contributed by atoms with Gasteiger partial charge in [0, 0.05) is 32.0 Å². The summed E-state index contributed by atoms with van der Waals surface area (Å²) in [5.74, 6) is 1.25. The molecule has 1 aromatic rings. The Morgan fingerprint density at radius 1 is 1.30 bits per heavy atom. The molecular weight excluding hydrogens is 312 g/mol. The molecule has 4 nitrogen and oxygen atoms in total. The highest BCUT2D eigenvalue weighted by atomic mass is 35.5. The van der Waals surface area contributed by atoms with Crippen LogP contribution in [0.2, 0.25) is 0 Å². The molecule has 1 aliphatic carbocycles. The van der Waals surface area contributed by atoms with Crippen LogP contribution in [0.5, 0.6) is 5.75 Å². The molecule has 128 valence electrons. The molecule has 1 heterocycles. The third-order valence-corrected chi connectivity index (χ3v) is 5.06. The zero-order valence-corrected chi connectivity index (χ0v) is 14.6. The van der Waals surface area contributed by atoms with Gasteiger partial charge in [0.15, 0.2) is 0 Å². The summed E-state index contributed by atoms with van der Waals surface area (Å²) in [4.78, 5) is 14.3. The molecule has 1 aliphatic heterocycles. The number of nitrogens with two attached hydrogens (primary N) is 1. The maximum atomic E-state index is 12.4. The van der Waals surface area contributed by atoms with Gasteiger partial charge in [0.1, 0.15) is 5.75 Å². The topological polar surface area (TPSA) is 55.6 Å². The molecule has 0 spiro atoms. The first-order chi connectivity index (χ1) is 10.6. The van der Waals surface area contributed by atoms with Gasteiger partial charge >= 0.3 is 0 Å². The van der Waals surface area contributed by atoms with Crippen molar-refractivity contribution in [1.82, 2.24) is 4.90 Å². The molecule has 1 fully saturated rings. The number of fused-ring (bicyclic) bond motifs is 1. The number of benzene rings is 1. The fourth-order valence-electron chi connectivity index (χ4n) is 3.52. The summed E-state index contributed by atoms with van der Waals surface area (Å²) in [7, 11) is 1.94. The minimum atomic E-state index is 0. The van der Waals surface area contributed by atoms with Gasteiger partial charge < -0.3 is 15.4 Å². The second-order valence-corrected chi connectivity index (χ2v) is 6.61. The maximum absolute atomic E-state index is 12.4. The minimum Gasteiger partial charge on any atom is -0.493 e. The van der Waals surface area contributed by atoms with Crippen molar-refractivity contribution < 1.29 is 9.53 Å². The lowest BCUT2D eigenvalue weighted by Gasteiger charge is -2.33. The van der Waals surface area contributed by atoms with Gasteiger partial charge in [0.25, 0.3) is 0 Å². The zero-order chi connectivity index (χ0) is 15.5. The largest absolute Gasteiger partial charge is 0.493 e. The first-order valence-corrected chi connectivity index (χ1v) is 8.39. The van der Waals surface area contributed by atoms with Crippen LogP contribution in [0, 0.1) is 0 Å². The number of hydrogen-bond acceptors (Lipinski definition) is 3. The van der Waals surface area contributed by atoms with Crippen molar-refractivity contribution in [3.63, 3.8) is 0 Å². The van der Waals surface area contributed by atoms with Crippen LogP contribution in [0.25, 0.3) is 0 Å². The number of aryl methyl sites for hydroxylation is 1. The fraction of sp³-hybridized carbons (Fsp3) is 0.611. The van der Waals surface area contributed by atoms with Gasteiger partial charge in [0.2, 0.25) is 5.91 Å². The van der Waals surface area contributed by atoms with Crippen molar-refractivity contribution in [1.29, 1.82) is 0 Å². The van der Waals surface area contributed by atoms with E-state index in [-0.39, 0.29) is 18.3 Å². The van der Waals surface area contributed by atoms with E-state index in [1.54, 1.807) is 0 Å². The van der Waals surface area contributed by atoms with E-state index in [4.69, 9.17) is 10.5 Å². The lowest BCUT2D eigenvalue weighted by molar-refractivity contribution is -0.132. The summed E-state index contributed by atoms with van der Waals surface area (Å²) in [5.41, 5.74) is 8.45. The van der Waals surface area contributed by atoms with Crippen molar-refractivity contribution in [3.8, 4) is 5.75 Å². The lowest BCUT2D eigenvalue weighted by atomic mass is 9.91. The molecule has 2 N–H and O–H groups in total. The van der Waals surface area contributed by atoms with E-state index < -0.39 is 0 Å². The van der Waals surface area contributed by atoms with Crippen LogP contribution in [0.3, 0.4) is 0 Å². The van der Waals surface area contributed by atoms with E-state index >= 15 is 0 Å².